The molecule has 0 spiro atoms. The Balaban J connectivity index is 1.30. The van der Waals surface area contributed by atoms with Crippen molar-refractivity contribution >= 4 is 5.91 Å². The summed E-state index contributed by atoms with van der Waals surface area (Å²) in [5, 5.41) is 3.68. The molecule has 0 aromatic rings. The minimum absolute atomic E-state index is 0.414. The average molecular weight is 278 g/mol. The van der Waals surface area contributed by atoms with E-state index in [-0.39, 0.29) is 0 Å². The number of carbonyl (C=O) groups is 1. The number of rotatable bonds is 6. The second kappa shape index (κ2) is 6.93. The van der Waals surface area contributed by atoms with Gasteiger partial charge in [-0.15, -0.1) is 0 Å². The fourth-order valence-electron chi connectivity index (χ4n) is 3.77. The maximum Gasteiger partial charge on any atom is 0.222 e. The predicted octanol–water partition coefficient (Wildman–Crippen LogP) is 2.95. The van der Waals surface area contributed by atoms with Gasteiger partial charge in [-0.05, 0) is 50.5 Å². The standard InChI is InChI=1S/C17H30N2O/c20-17(8-7-14-3-1-2-4-14)19-11-9-16(10-12-19)18-13-15-5-6-15/h14-16,18H,1-13H2. The molecule has 3 fully saturated rings. The number of amides is 1. The summed E-state index contributed by atoms with van der Waals surface area (Å²) in [5.41, 5.74) is 0. The van der Waals surface area contributed by atoms with Gasteiger partial charge in [-0.25, -0.2) is 0 Å². The van der Waals surface area contributed by atoms with Gasteiger partial charge in [-0.1, -0.05) is 25.7 Å². The Morgan fingerprint density at radius 1 is 0.950 bits per heavy atom. The van der Waals surface area contributed by atoms with Gasteiger partial charge in [-0.3, -0.25) is 4.79 Å². The van der Waals surface area contributed by atoms with E-state index in [0.29, 0.717) is 11.9 Å². The first-order valence-corrected chi connectivity index (χ1v) is 8.82. The lowest BCUT2D eigenvalue weighted by molar-refractivity contribution is -0.132. The molecule has 20 heavy (non-hydrogen) atoms. The van der Waals surface area contributed by atoms with Crippen LogP contribution < -0.4 is 5.32 Å². The van der Waals surface area contributed by atoms with E-state index in [1.54, 1.807) is 0 Å². The maximum absolute atomic E-state index is 12.2. The van der Waals surface area contributed by atoms with Crippen molar-refractivity contribution in [3.63, 3.8) is 0 Å². The van der Waals surface area contributed by atoms with Crippen LogP contribution in [-0.4, -0.2) is 36.5 Å². The smallest absolute Gasteiger partial charge is 0.222 e. The molecule has 0 radical (unpaired) electrons. The number of carbonyl (C=O) groups excluding carboxylic acids is 1. The Labute approximate surface area is 123 Å². The average Bonchev–Trinajstić information content (AvgIpc) is 3.17. The minimum atomic E-state index is 0.414. The molecule has 114 valence electrons. The van der Waals surface area contributed by atoms with Crippen LogP contribution >= 0.6 is 0 Å². The van der Waals surface area contributed by atoms with Gasteiger partial charge >= 0.3 is 0 Å². The SMILES string of the molecule is O=C(CCC1CCCC1)N1CCC(NCC2CC2)CC1. The van der Waals surface area contributed by atoms with Crippen LogP contribution in [0.2, 0.25) is 0 Å². The fourth-order valence-corrected chi connectivity index (χ4v) is 3.77. The molecule has 1 amide bonds. The highest BCUT2D eigenvalue weighted by Crippen LogP contribution is 2.29. The third-order valence-corrected chi connectivity index (χ3v) is 5.48. The number of piperidine rings is 1. The fraction of sp³-hybridized carbons (Fsp3) is 0.941. The van der Waals surface area contributed by atoms with Crippen molar-refractivity contribution in [2.75, 3.05) is 19.6 Å². The molecule has 0 bridgehead atoms. The highest BCUT2D eigenvalue weighted by Gasteiger charge is 2.26. The molecule has 1 N–H and O–H groups in total. The summed E-state index contributed by atoms with van der Waals surface area (Å²) in [5.74, 6) is 2.22. The van der Waals surface area contributed by atoms with E-state index in [9.17, 15) is 4.79 Å². The lowest BCUT2D eigenvalue weighted by Crippen LogP contribution is -2.45. The van der Waals surface area contributed by atoms with Crippen molar-refractivity contribution in [2.45, 2.75) is 70.3 Å². The van der Waals surface area contributed by atoms with Gasteiger partial charge in [0.1, 0.15) is 0 Å². The quantitative estimate of drug-likeness (QED) is 0.810. The summed E-state index contributed by atoms with van der Waals surface area (Å²) in [7, 11) is 0. The molecule has 1 saturated heterocycles. The van der Waals surface area contributed by atoms with Gasteiger partial charge in [0, 0.05) is 25.6 Å². The van der Waals surface area contributed by atoms with Crippen LogP contribution in [0, 0.1) is 11.8 Å². The van der Waals surface area contributed by atoms with Crippen LogP contribution in [0.3, 0.4) is 0 Å². The van der Waals surface area contributed by atoms with Crippen LogP contribution in [0.1, 0.15) is 64.2 Å². The molecular formula is C17H30N2O. The van der Waals surface area contributed by atoms with Crippen molar-refractivity contribution in [1.82, 2.24) is 10.2 Å². The molecule has 2 aliphatic carbocycles. The summed E-state index contributed by atoms with van der Waals surface area (Å²) in [6.45, 7) is 3.16. The highest BCUT2D eigenvalue weighted by molar-refractivity contribution is 5.76. The van der Waals surface area contributed by atoms with Crippen molar-refractivity contribution in [3.05, 3.63) is 0 Å². The topological polar surface area (TPSA) is 32.3 Å². The van der Waals surface area contributed by atoms with Gasteiger partial charge in [-0.2, -0.15) is 0 Å². The van der Waals surface area contributed by atoms with Crippen molar-refractivity contribution in [3.8, 4) is 0 Å². The van der Waals surface area contributed by atoms with Gasteiger partial charge in [0.15, 0.2) is 0 Å². The lowest BCUT2D eigenvalue weighted by atomic mass is 10.00. The van der Waals surface area contributed by atoms with E-state index < -0.39 is 0 Å². The molecule has 3 aliphatic rings. The Morgan fingerprint density at radius 2 is 1.65 bits per heavy atom. The Morgan fingerprint density at radius 3 is 2.30 bits per heavy atom. The second-order valence-electron chi connectivity index (χ2n) is 7.20. The zero-order valence-corrected chi connectivity index (χ0v) is 12.8. The van der Waals surface area contributed by atoms with Gasteiger partial charge in [0.05, 0.1) is 0 Å². The molecule has 3 nitrogen and oxygen atoms in total. The number of nitrogens with one attached hydrogen (secondary N) is 1. The summed E-state index contributed by atoms with van der Waals surface area (Å²) in [6, 6.07) is 0.662. The zero-order chi connectivity index (χ0) is 13.8. The Kier molecular flexibility index (Phi) is 4.98. The first-order chi connectivity index (χ1) is 9.81. The molecule has 1 aliphatic heterocycles. The largest absolute Gasteiger partial charge is 0.343 e. The van der Waals surface area contributed by atoms with Crippen LogP contribution in [0.25, 0.3) is 0 Å². The molecular weight excluding hydrogens is 248 g/mol. The maximum atomic E-state index is 12.2. The van der Waals surface area contributed by atoms with Crippen molar-refractivity contribution in [2.24, 2.45) is 11.8 Å². The van der Waals surface area contributed by atoms with Gasteiger partial charge < -0.3 is 10.2 Å². The third kappa shape index (κ3) is 4.21. The summed E-state index contributed by atoms with van der Waals surface area (Å²) < 4.78 is 0. The van der Waals surface area contributed by atoms with Crippen molar-refractivity contribution < 1.29 is 4.79 Å². The van der Waals surface area contributed by atoms with Crippen LogP contribution in [0.5, 0.6) is 0 Å². The number of likely N-dealkylation sites (tertiary alicyclic amines) is 1. The van der Waals surface area contributed by atoms with Gasteiger partial charge in [0.25, 0.3) is 0 Å². The second-order valence-corrected chi connectivity index (χ2v) is 7.20. The number of hydrogen-bond acceptors (Lipinski definition) is 2. The van der Waals surface area contributed by atoms with E-state index >= 15 is 0 Å². The molecule has 0 aromatic heterocycles. The molecule has 0 atom stereocenters. The molecule has 2 saturated carbocycles. The number of nitrogens with zero attached hydrogens (tertiary/aromatic N) is 1. The Hall–Kier alpha value is -0.570. The summed E-state index contributed by atoms with van der Waals surface area (Å²) in [6.07, 6.45) is 12.6. The third-order valence-electron chi connectivity index (χ3n) is 5.48. The predicted molar refractivity (Wildman–Crippen MR) is 81.5 cm³/mol. The molecule has 0 aromatic carbocycles. The first-order valence-electron chi connectivity index (χ1n) is 8.82. The molecule has 3 heteroatoms. The summed E-state index contributed by atoms with van der Waals surface area (Å²) in [4.78, 5) is 14.4. The van der Waals surface area contributed by atoms with Crippen LogP contribution in [-0.2, 0) is 4.79 Å². The van der Waals surface area contributed by atoms with E-state index in [0.717, 1.165) is 50.6 Å². The summed E-state index contributed by atoms with van der Waals surface area (Å²) >= 11 is 0. The Bertz CT molecular complexity index is 313. The van der Waals surface area contributed by atoms with E-state index in [1.165, 1.54) is 45.1 Å². The lowest BCUT2D eigenvalue weighted by Gasteiger charge is -2.33. The van der Waals surface area contributed by atoms with Gasteiger partial charge in [0.2, 0.25) is 5.91 Å². The highest BCUT2D eigenvalue weighted by atomic mass is 16.2. The number of hydrogen-bond donors (Lipinski definition) is 1. The van der Waals surface area contributed by atoms with E-state index in [1.807, 2.05) is 0 Å². The van der Waals surface area contributed by atoms with Crippen LogP contribution in [0.15, 0.2) is 0 Å². The normalized spacial score (nSPS) is 25.3. The first kappa shape index (κ1) is 14.4. The van der Waals surface area contributed by atoms with Crippen molar-refractivity contribution in [1.29, 1.82) is 0 Å². The molecule has 3 rings (SSSR count). The van der Waals surface area contributed by atoms with E-state index in [4.69, 9.17) is 0 Å². The molecule has 0 unspecified atom stereocenters. The van der Waals surface area contributed by atoms with Crippen LogP contribution in [0.4, 0.5) is 0 Å². The molecule has 1 heterocycles. The van der Waals surface area contributed by atoms with E-state index in [2.05, 4.69) is 10.2 Å². The monoisotopic (exact) mass is 278 g/mol. The minimum Gasteiger partial charge on any atom is -0.343 e. The zero-order valence-electron chi connectivity index (χ0n) is 12.8.